The summed E-state index contributed by atoms with van der Waals surface area (Å²) < 4.78 is 5.68. The monoisotopic (exact) mass is 232 g/mol. The summed E-state index contributed by atoms with van der Waals surface area (Å²) in [6.07, 6.45) is 1.33. The van der Waals surface area contributed by atoms with Crippen LogP contribution in [0.1, 0.15) is 32.3 Å². The van der Waals surface area contributed by atoms with E-state index >= 15 is 0 Å². The van der Waals surface area contributed by atoms with Gasteiger partial charge in [-0.1, -0.05) is 32.0 Å². The van der Waals surface area contributed by atoms with Crippen LogP contribution in [0.4, 0.5) is 0 Å². The summed E-state index contributed by atoms with van der Waals surface area (Å²) in [4.78, 5) is 0. The number of ether oxygens (including phenoxy) is 1. The van der Waals surface area contributed by atoms with Gasteiger partial charge in [0.25, 0.3) is 0 Å². The van der Waals surface area contributed by atoms with Crippen molar-refractivity contribution in [3.05, 3.63) is 29.8 Å². The molecule has 3 heteroatoms. The molecule has 3 nitrogen and oxygen atoms in total. The average molecular weight is 232 g/mol. The highest BCUT2D eigenvalue weighted by Crippen LogP contribution is 2.18. The van der Waals surface area contributed by atoms with E-state index < -0.39 is 0 Å². The molecule has 0 atom stereocenters. The van der Waals surface area contributed by atoms with Crippen LogP contribution >= 0.6 is 0 Å². The van der Waals surface area contributed by atoms with E-state index in [-0.39, 0.29) is 0 Å². The summed E-state index contributed by atoms with van der Waals surface area (Å²) in [6.45, 7) is 5.66. The standard InChI is InChI=1S/C14H20N2O/c1-12(2)16-11-13-7-3-4-8-14(13)17-10-6-5-9-15/h3-4,7-8,12,16H,5-6,10-11H2,1-2H3. The van der Waals surface area contributed by atoms with Gasteiger partial charge >= 0.3 is 0 Å². The fourth-order valence-electron chi connectivity index (χ4n) is 1.44. The van der Waals surface area contributed by atoms with Crippen LogP contribution in [0.25, 0.3) is 0 Å². The van der Waals surface area contributed by atoms with Gasteiger partial charge < -0.3 is 10.1 Å². The molecule has 0 fully saturated rings. The SMILES string of the molecule is CC(C)NCc1ccccc1OCCCC#N. The van der Waals surface area contributed by atoms with Crippen molar-refractivity contribution in [2.75, 3.05) is 6.61 Å². The maximum Gasteiger partial charge on any atom is 0.123 e. The zero-order valence-electron chi connectivity index (χ0n) is 10.6. The molecule has 17 heavy (non-hydrogen) atoms. The van der Waals surface area contributed by atoms with Gasteiger partial charge in [0.15, 0.2) is 0 Å². The van der Waals surface area contributed by atoms with E-state index in [1.165, 1.54) is 0 Å². The molecule has 1 aromatic rings. The zero-order chi connectivity index (χ0) is 12.5. The van der Waals surface area contributed by atoms with Crippen LogP contribution in [-0.4, -0.2) is 12.6 Å². The van der Waals surface area contributed by atoms with Crippen molar-refractivity contribution >= 4 is 0 Å². The number of hydrogen-bond donors (Lipinski definition) is 1. The lowest BCUT2D eigenvalue weighted by molar-refractivity contribution is 0.308. The van der Waals surface area contributed by atoms with Gasteiger partial charge in [0.1, 0.15) is 5.75 Å². The fourth-order valence-corrected chi connectivity index (χ4v) is 1.44. The lowest BCUT2D eigenvalue weighted by Gasteiger charge is -2.13. The number of nitrogens with one attached hydrogen (secondary N) is 1. The number of hydrogen-bond acceptors (Lipinski definition) is 3. The second-order valence-corrected chi connectivity index (χ2v) is 4.25. The van der Waals surface area contributed by atoms with Crippen molar-refractivity contribution in [3.8, 4) is 11.8 Å². The largest absolute Gasteiger partial charge is 0.493 e. The molecular weight excluding hydrogens is 212 g/mol. The number of nitrogens with zero attached hydrogens (tertiary/aromatic N) is 1. The number of para-hydroxylation sites is 1. The molecule has 0 unspecified atom stereocenters. The first-order valence-corrected chi connectivity index (χ1v) is 6.05. The normalized spacial score (nSPS) is 10.2. The maximum absolute atomic E-state index is 8.45. The highest BCUT2D eigenvalue weighted by molar-refractivity contribution is 5.33. The van der Waals surface area contributed by atoms with Crippen LogP contribution in [0.15, 0.2) is 24.3 Å². The lowest BCUT2D eigenvalue weighted by atomic mass is 10.2. The molecule has 92 valence electrons. The van der Waals surface area contributed by atoms with Crippen LogP contribution in [-0.2, 0) is 6.54 Å². The van der Waals surface area contributed by atoms with Crippen LogP contribution < -0.4 is 10.1 Å². The first kappa shape index (κ1) is 13.5. The summed E-state index contributed by atoms with van der Waals surface area (Å²) in [6, 6.07) is 10.6. The molecule has 0 saturated carbocycles. The van der Waals surface area contributed by atoms with Crippen molar-refractivity contribution in [2.24, 2.45) is 0 Å². The van der Waals surface area contributed by atoms with Crippen LogP contribution in [0, 0.1) is 11.3 Å². The predicted octanol–water partition coefficient (Wildman–Crippen LogP) is 2.87. The molecule has 0 heterocycles. The average Bonchev–Trinajstić information content (AvgIpc) is 2.33. The molecule has 0 saturated heterocycles. The van der Waals surface area contributed by atoms with E-state index in [1.54, 1.807) is 0 Å². The highest BCUT2D eigenvalue weighted by Gasteiger charge is 2.03. The van der Waals surface area contributed by atoms with Crippen LogP contribution in [0.2, 0.25) is 0 Å². The summed E-state index contributed by atoms with van der Waals surface area (Å²) >= 11 is 0. The fraction of sp³-hybridized carbons (Fsp3) is 0.500. The van der Waals surface area contributed by atoms with Crippen LogP contribution in [0.5, 0.6) is 5.75 Å². The van der Waals surface area contributed by atoms with Gasteiger partial charge in [-0.15, -0.1) is 0 Å². The summed E-state index contributed by atoms with van der Waals surface area (Å²) in [5.41, 5.74) is 1.16. The molecule has 0 spiro atoms. The van der Waals surface area contributed by atoms with Gasteiger partial charge in [-0.2, -0.15) is 5.26 Å². The van der Waals surface area contributed by atoms with Gasteiger partial charge in [0.2, 0.25) is 0 Å². The number of benzene rings is 1. The topological polar surface area (TPSA) is 45.0 Å². The third kappa shape index (κ3) is 5.37. The van der Waals surface area contributed by atoms with E-state index in [2.05, 4.69) is 31.3 Å². The van der Waals surface area contributed by atoms with Crippen molar-refractivity contribution in [1.82, 2.24) is 5.32 Å². The van der Waals surface area contributed by atoms with Crippen molar-refractivity contribution in [1.29, 1.82) is 5.26 Å². The molecule has 0 aliphatic heterocycles. The molecule has 0 aliphatic rings. The van der Waals surface area contributed by atoms with E-state index in [4.69, 9.17) is 10.00 Å². The van der Waals surface area contributed by atoms with Crippen molar-refractivity contribution in [2.45, 2.75) is 39.3 Å². The lowest BCUT2D eigenvalue weighted by Crippen LogP contribution is -2.22. The van der Waals surface area contributed by atoms with Gasteiger partial charge in [-0.3, -0.25) is 0 Å². The van der Waals surface area contributed by atoms with Crippen LogP contribution in [0.3, 0.4) is 0 Å². The molecule has 1 N–H and O–H groups in total. The third-order valence-corrected chi connectivity index (χ3v) is 2.36. The summed E-state index contributed by atoms with van der Waals surface area (Å²) in [5, 5.41) is 11.8. The molecule has 0 aliphatic carbocycles. The van der Waals surface area contributed by atoms with Gasteiger partial charge in [0.05, 0.1) is 12.7 Å². The Hall–Kier alpha value is -1.53. The molecule has 0 aromatic heterocycles. The Labute approximate surface area is 103 Å². The smallest absolute Gasteiger partial charge is 0.123 e. The Kier molecular flexibility index (Phi) is 6.13. The Morgan fingerprint density at radius 3 is 2.82 bits per heavy atom. The van der Waals surface area contributed by atoms with E-state index in [9.17, 15) is 0 Å². The Morgan fingerprint density at radius 1 is 1.35 bits per heavy atom. The Morgan fingerprint density at radius 2 is 2.12 bits per heavy atom. The highest BCUT2D eigenvalue weighted by atomic mass is 16.5. The number of nitriles is 1. The van der Waals surface area contributed by atoms with Crippen molar-refractivity contribution < 1.29 is 4.74 Å². The van der Waals surface area contributed by atoms with Crippen molar-refractivity contribution in [3.63, 3.8) is 0 Å². The first-order chi connectivity index (χ1) is 8.24. The quantitative estimate of drug-likeness (QED) is 0.735. The molecular formula is C14H20N2O. The predicted molar refractivity (Wildman–Crippen MR) is 68.8 cm³/mol. The van der Waals surface area contributed by atoms with Gasteiger partial charge in [-0.25, -0.2) is 0 Å². The number of unbranched alkanes of at least 4 members (excludes halogenated alkanes) is 1. The molecule has 1 rings (SSSR count). The van der Waals surface area contributed by atoms with Gasteiger partial charge in [-0.05, 0) is 12.5 Å². The summed E-state index contributed by atoms with van der Waals surface area (Å²) in [5.74, 6) is 0.915. The minimum atomic E-state index is 0.460. The second kappa shape index (κ2) is 7.70. The Bertz CT molecular complexity index is 369. The zero-order valence-corrected chi connectivity index (χ0v) is 10.6. The first-order valence-electron chi connectivity index (χ1n) is 6.05. The summed E-state index contributed by atoms with van der Waals surface area (Å²) in [7, 11) is 0. The molecule has 0 radical (unpaired) electrons. The minimum Gasteiger partial charge on any atom is -0.493 e. The minimum absolute atomic E-state index is 0.460. The van der Waals surface area contributed by atoms with E-state index in [0.717, 1.165) is 24.3 Å². The molecule has 0 amide bonds. The third-order valence-electron chi connectivity index (χ3n) is 2.36. The number of rotatable bonds is 7. The van der Waals surface area contributed by atoms with E-state index in [0.29, 0.717) is 19.1 Å². The van der Waals surface area contributed by atoms with Gasteiger partial charge in [0, 0.05) is 24.6 Å². The maximum atomic E-state index is 8.45. The Balaban J connectivity index is 2.49. The molecule has 1 aromatic carbocycles. The molecule has 0 bridgehead atoms. The second-order valence-electron chi connectivity index (χ2n) is 4.25. The van der Waals surface area contributed by atoms with E-state index in [1.807, 2.05) is 18.2 Å².